The van der Waals surface area contributed by atoms with Crippen LogP contribution in [0.2, 0.25) is 0 Å². The molecule has 3 nitrogen and oxygen atoms in total. The van der Waals surface area contributed by atoms with Gasteiger partial charge in [-0.05, 0) is 36.5 Å². The number of nitriles is 1. The van der Waals surface area contributed by atoms with Gasteiger partial charge in [0.25, 0.3) is 0 Å². The Kier molecular flexibility index (Phi) is 6.62. The predicted molar refractivity (Wildman–Crippen MR) is 90.3 cm³/mol. The maximum absolute atomic E-state index is 11.8. The number of carbonyl (C=O) groups is 1. The Morgan fingerprint density at radius 3 is 2.39 bits per heavy atom. The van der Waals surface area contributed by atoms with E-state index in [1.807, 2.05) is 54.6 Å². The zero-order valence-electron chi connectivity index (χ0n) is 12.9. The van der Waals surface area contributed by atoms with E-state index in [0.29, 0.717) is 6.42 Å². The van der Waals surface area contributed by atoms with Crippen LogP contribution in [-0.2, 0) is 16.0 Å². The molecule has 0 aliphatic heterocycles. The zero-order chi connectivity index (χ0) is 16.3. The summed E-state index contributed by atoms with van der Waals surface area (Å²) in [4.78, 5) is 11.8. The van der Waals surface area contributed by atoms with Crippen LogP contribution in [-0.4, -0.2) is 12.1 Å². The van der Waals surface area contributed by atoms with E-state index >= 15 is 0 Å². The van der Waals surface area contributed by atoms with Gasteiger partial charge in [0.15, 0.2) is 6.10 Å². The van der Waals surface area contributed by atoms with Gasteiger partial charge >= 0.3 is 5.97 Å². The Labute approximate surface area is 136 Å². The molecule has 0 amide bonds. The minimum Gasteiger partial charge on any atom is -0.444 e. The summed E-state index contributed by atoms with van der Waals surface area (Å²) < 4.78 is 5.17. The van der Waals surface area contributed by atoms with Gasteiger partial charge < -0.3 is 4.74 Å². The van der Waals surface area contributed by atoms with Crippen molar-refractivity contribution in [3.05, 3.63) is 77.9 Å². The number of rotatable bonds is 7. The number of hydrogen-bond acceptors (Lipinski definition) is 3. The summed E-state index contributed by atoms with van der Waals surface area (Å²) in [5.41, 5.74) is 2.14. The summed E-state index contributed by atoms with van der Waals surface area (Å²) in [6, 6.07) is 21.6. The normalized spacial score (nSPS) is 11.8. The zero-order valence-corrected chi connectivity index (χ0v) is 12.9. The molecule has 1 unspecified atom stereocenters. The van der Waals surface area contributed by atoms with Gasteiger partial charge in [0, 0.05) is 6.08 Å². The minimum atomic E-state index is -0.702. The third kappa shape index (κ3) is 6.19. The molecule has 3 heteroatoms. The van der Waals surface area contributed by atoms with E-state index in [0.717, 1.165) is 18.4 Å². The topological polar surface area (TPSA) is 50.1 Å². The van der Waals surface area contributed by atoms with Crippen molar-refractivity contribution in [2.75, 3.05) is 0 Å². The van der Waals surface area contributed by atoms with Crippen molar-refractivity contribution in [2.45, 2.75) is 25.4 Å². The number of carbonyl (C=O) groups excluding carboxylic acids is 1. The molecular weight excluding hydrogens is 286 g/mol. The molecule has 2 aromatic carbocycles. The fraction of sp³-hybridized carbons (Fsp3) is 0.200. The van der Waals surface area contributed by atoms with Crippen LogP contribution in [0.25, 0.3) is 6.08 Å². The van der Waals surface area contributed by atoms with Gasteiger partial charge in [-0.1, -0.05) is 60.7 Å². The highest BCUT2D eigenvalue weighted by atomic mass is 16.5. The molecule has 0 bridgehead atoms. The van der Waals surface area contributed by atoms with E-state index in [-0.39, 0.29) is 0 Å². The van der Waals surface area contributed by atoms with Gasteiger partial charge in [0.2, 0.25) is 0 Å². The first-order chi connectivity index (χ1) is 11.3. The van der Waals surface area contributed by atoms with Crippen LogP contribution < -0.4 is 0 Å². The summed E-state index contributed by atoms with van der Waals surface area (Å²) in [7, 11) is 0. The number of aryl methyl sites for hydroxylation is 1. The summed E-state index contributed by atoms with van der Waals surface area (Å²) in [6.45, 7) is 0. The second kappa shape index (κ2) is 9.22. The van der Waals surface area contributed by atoms with E-state index in [1.54, 1.807) is 6.08 Å². The second-order valence-electron chi connectivity index (χ2n) is 5.18. The average molecular weight is 305 g/mol. The van der Waals surface area contributed by atoms with E-state index in [9.17, 15) is 4.79 Å². The molecule has 0 spiro atoms. The van der Waals surface area contributed by atoms with E-state index in [4.69, 9.17) is 10.00 Å². The molecule has 0 heterocycles. The molecule has 0 radical (unpaired) electrons. The Bertz CT molecular complexity index is 672. The van der Waals surface area contributed by atoms with E-state index < -0.39 is 12.1 Å². The molecule has 0 aliphatic carbocycles. The van der Waals surface area contributed by atoms with Crippen molar-refractivity contribution in [1.82, 2.24) is 0 Å². The lowest BCUT2D eigenvalue weighted by Crippen LogP contribution is -2.15. The minimum absolute atomic E-state index is 0.486. The third-order valence-electron chi connectivity index (χ3n) is 3.39. The standard InChI is InChI=1S/C20H19NO2/c21-16-19(13-7-12-17-8-3-1-4-9-17)23-20(22)15-14-18-10-5-2-6-11-18/h1-6,8-11,14-15,19H,7,12-13H2. The molecule has 0 aromatic heterocycles. The largest absolute Gasteiger partial charge is 0.444 e. The lowest BCUT2D eigenvalue weighted by molar-refractivity contribution is -0.140. The molecule has 0 fully saturated rings. The highest BCUT2D eigenvalue weighted by Crippen LogP contribution is 2.09. The van der Waals surface area contributed by atoms with Crippen LogP contribution in [0.5, 0.6) is 0 Å². The Morgan fingerprint density at radius 2 is 1.74 bits per heavy atom. The molecule has 0 saturated carbocycles. The van der Waals surface area contributed by atoms with Gasteiger partial charge in [0.05, 0.1) is 0 Å². The van der Waals surface area contributed by atoms with Crippen molar-refractivity contribution in [3.63, 3.8) is 0 Å². The molecule has 0 N–H and O–H groups in total. The fourth-order valence-corrected chi connectivity index (χ4v) is 2.19. The highest BCUT2D eigenvalue weighted by Gasteiger charge is 2.11. The summed E-state index contributed by atoms with van der Waals surface area (Å²) in [5.74, 6) is -0.486. The second-order valence-corrected chi connectivity index (χ2v) is 5.18. The molecular formula is C20H19NO2. The molecule has 0 saturated heterocycles. The molecule has 2 rings (SSSR count). The lowest BCUT2D eigenvalue weighted by atomic mass is 10.1. The van der Waals surface area contributed by atoms with Crippen LogP contribution in [0.4, 0.5) is 0 Å². The maximum atomic E-state index is 11.8. The van der Waals surface area contributed by atoms with Crippen LogP contribution in [0.3, 0.4) is 0 Å². The van der Waals surface area contributed by atoms with Gasteiger partial charge in [-0.3, -0.25) is 0 Å². The SMILES string of the molecule is N#CC(CCCc1ccccc1)OC(=O)C=Cc1ccccc1. The van der Waals surface area contributed by atoms with Crippen LogP contribution in [0, 0.1) is 11.3 Å². The quantitative estimate of drug-likeness (QED) is 0.570. The summed E-state index contributed by atoms with van der Waals surface area (Å²) >= 11 is 0. The molecule has 116 valence electrons. The maximum Gasteiger partial charge on any atom is 0.332 e. The first kappa shape index (κ1) is 16.5. The van der Waals surface area contributed by atoms with Crippen LogP contribution in [0.15, 0.2) is 66.7 Å². The van der Waals surface area contributed by atoms with Crippen LogP contribution >= 0.6 is 0 Å². The molecule has 0 aliphatic rings. The lowest BCUT2D eigenvalue weighted by Gasteiger charge is -2.09. The Morgan fingerprint density at radius 1 is 1.09 bits per heavy atom. The number of esters is 1. The van der Waals surface area contributed by atoms with Gasteiger partial charge in [-0.2, -0.15) is 5.26 Å². The van der Waals surface area contributed by atoms with Crippen molar-refractivity contribution in [2.24, 2.45) is 0 Å². The molecule has 23 heavy (non-hydrogen) atoms. The van der Waals surface area contributed by atoms with Gasteiger partial charge in [0.1, 0.15) is 6.07 Å². The van der Waals surface area contributed by atoms with Crippen molar-refractivity contribution in [1.29, 1.82) is 5.26 Å². The number of hydrogen-bond donors (Lipinski definition) is 0. The predicted octanol–water partition coefficient (Wildman–Crippen LogP) is 4.16. The van der Waals surface area contributed by atoms with E-state index in [1.165, 1.54) is 11.6 Å². The van der Waals surface area contributed by atoms with E-state index in [2.05, 4.69) is 12.1 Å². The van der Waals surface area contributed by atoms with Crippen LogP contribution in [0.1, 0.15) is 24.0 Å². The monoisotopic (exact) mass is 305 g/mol. The molecule has 1 atom stereocenters. The Balaban J connectivity index is 1.76. The smallest absolute Gasteiger partial charge is 0.332 e. The van der Waals surface area contributed by atoms with Crippen molar-refractivity contribution < 1.29 is 9.53 Å². The fourth-order valence-electron chi connectivity index (χ4n) is 2.19. The third-order valence-corrected chi connectivity index (χ3v) is 3.39. The van der Waals surface area contributed by atoms with Gasteiger partial charge in [-0.15, -0.1) is 0 Å². The number of nitrogens with zero attached hydrogens (tertiary/aromatic N) is 1. The number of benzene rings is 2. The Hall–Kier alpha value is -2.86. The summed E-state index contributed by atoms with van der Waals surface area (Å²) in [6.07, 6.45) is 4.55. The molecule has 2 aromatic rings. The summed E-state index contributed by atoms with van der Waals surface area (Å²) in [5, 5.41) is 9.11. The van der Waals surface area contributed by atoms with Crippen molar-refractivity contribution in [3.8, 4) is 6.07 Å². The highest BCUT2D eigenvalue weighted by molar-refractivity contribution is 5.87. The first-order valence-corrected chi connectivity index (χ1v) is 7.65. The number of ether oxygens (including phenoxy) is 1. The average Bonchev–Trinajstić information content (AvgIpc) is 2.61. The first-order valence-electron chi connectivity index (χ1n) is 7.65. The van der Waals surface area contributed by atoms with Crippen molar-refractivity contribution >= 4 is 12.0 Å². The van der Waals surface area contributed by atoms with Gasteiger partial charge in [-0.25, -0.2) is 4.79 Å².